The summed E-state index contributed by atoms with van der Waals surface area (Å²) in [5.74, 6) is 0.0632. The van der Waals surface area contributed by atoms with Crippen molar-refractivity contribution in [2.75, 3.05) is 145 Å². The van der Waals surface area contributed by atoms with Crippen molar-refractivity contribution in [2.24, 2.45) is 0 Å². The number of carbonyl (C=O) groups excluding carboxylic acids is 1. The number of piperazine rings is 2. The molecule has 2 aliphatic rings. The Morgan fingerprint density at radius 3 is 1.86 bits per heavy atom. The topological polar surface area (TPSA) is 111 Å². The normalized spacial score (nSPS) is 19.5. The van der Waals surface area contributed by atoms with Gasteiger partial charge in [0.1, 0.15) is 6.23 Å². The molecule has 3 N–H and O–H groups in total. The van der Waals surface area contributed by atoms with E-state index in [-0.39, 0.29) is 12.5 Å². The lowest BCUT2D eigenvalue weighted by atomic mass is 10.3. The molecule has 12 nitrogen and oxygen atoms in total. The van der Waals surface area contributed by atoms with Gasteiger partial charge in [0.2, 0.25) is 5.91 Å². The third-order valence-electron chi connectivity index (χ3n) is 6.46. The van der Waals surface area contributed by atoms with Gasteiger partial charge in [0.15, 0.2) is 0 Å². The molecule has 12 heteroatoms. The van der Waals surface area contributed by atoms with Crippen LogP contribution in [0.1, 0.15) is 0 Å². The van der Waals surface area contributed by atoms with Crippen molar-refractivity contribution < 1.29 is 28.8 Å². The number of hydrogen-bond acceptors (Lipinski definition) is 11. The van der Waals surface area contributed by atoms with Crippen LogP contribution in [-0.2, 0) is 23.7 Å². The summed E-state index contributed by atoms with van der Waals surface area (Å²) in [6.45, 7) is 15.3. The lowest BCUT2D eigenvalue weighted by molar-refractivity contribution is -0.122. The number of hydrogen-bond donors (Lipinski definition) is 3. The van der Waals surface area contributed by atoms with Crippen molar-refractivity contribution in [3.63, 3.8) is 0 Å². The Labute approximate surface area is 217 Å². The molecule has 0 aromatic carbocycles. The van der Waals surface area contributed by atoms with E-state index in [2.05, 4.69) is 37.3 Å². The van der Waals surface area contributed by atoms with Gasteiger partial charge in [0.25, 0.3) is 0 Å². The van der Waals surface area contributed by atoms with Gasteiger partial charge in [-0.25, -0.2) is 0 Å². The molecule has 2 aliphatic heterocycles. The molecular weight excluding hydrogens is 468 g/mol. The number of aliphatic hydroxyl groups is 1. The summed E-state index contributed by atoms with van der Waals surface area (Å²) >= 11 is 0. The van der Waals surface area contributed by atoms with E-state index in [1.165, 1.54) is 0 Å². The summed E-state index contributed by atoms with van der Waals surface area (Å²) in [5, 5.41) is 15.6. The minimum Gasteiger partial charge on any atom is -0.379 e. The van der Waals surface area contributed by atoms with Gasteiger partial charge in [-0.3, -0.25) is 24.8 Å². The van der Waals surface area contributed by atoms with E-state index in [4.69, 9.17) is 18.9 Å². The van der Waals surface area contributed by atoms with E-state index in [9.17, 15) is 9.90 Å². The van der Waals surface area contributed by atoms with Crippen LogP contribution < -0.4 is 10.6 Å². The van der Waals surface area contributed by atoms with Crippen molar-refractivity contribution in [3.8, 4) is 0 Å². The molecule has 0 aliphatic carbocycles. The highest BCUT2D eigenvalue weighted by Gasteiger charge is 2.18. The Bertz CT molecular complexity index is 547. The Kier molecular flexibility index (Phi) is 17.5. The van der Waals surface area contributed by atoms with E-state index < -0.39 is 6.23 Å². The lowest BCUT2D eigenvalue weighted by Crippen LogP contribution is -2.49. The van der Waals surface area contributed by atoms with Crippen LogP contribution in [0.25, 0.3) is 0 Å². The van der Waals surface area contributed by atoms with Gasteiger partial charge in [-0.05, 0) is 7.05 Å². The number of rotatable bonds is 20. The summed E-state index contributed by atoms with van der Waals surface area (Å²) in [5.41, 5.74) is 0. The maximum atomic E-state index is 11.4. The minimum absolute atomic E-state index is 0.0632. The van der Waals surface area contributed by atoms with Crippen molar-refractivity contribution in [3.05, 3.63) is 0 Å². The average Bonchev–Trinajstić information content (AvgIpc) is 2.89. The monoisotopic (exact) mass is 518 g/mol. The SMILES string of the molecule is CNC(=O)CN1CCN(CCOCCNC(O)COCCOCCOCCN2CCN(C)CC2)CC1. The highest BCUT2D eigenvalue weighted by Crippen LogP contribution is 2.01. The van der Waals surface area contributed by atoms with Gasteiger partial charge in [-0.2, -0.15) is 0 Å². The van der Waals surface area contributed by atoms with Crippen LogP contribution in [0.5, 0.6) is 0 Å². The number of nitrogens with zero attached hydrogens (tertiary/aromatic N) is 4. The van der Waals surface area contributed by atoms with E-state index in [1.807, 2.05) is 0 Å². The predicted octanol–water partition coefficient (Wildman–Crippen LogP) is -2.43. The van der Waals surface area contributed by atoms with Gasteiger partial charge >= 0.3 is 0 Å². The van der Waals surface area contributed by atoms with E-state index >= 15 is 0 Å². The molecule has 36 heavy (non-hydrogen) atoms. The summed E-state index contributed by atoms with van der Waals surface area (Å²) in [6, 6.07) is 0. The first-order valence-corrected chi connectivity index (χ1v) is 13.4. The molecule has 2 rings (SSSR count). The van der Waals surface area contributed by atoms with Crippen LogP contribution in [0.2, 0.25) is 0 Å². The molecule has 1 atom stereocenters. The standard InChI is InChI=1S/C24H50N6O6/c1-25-23(31)21-30-10-8-29(9-11-30)12-15-33-14-3-26-24(32)22-36-20-19-35-18-17-34-16-13-28-6-4-27(2)5-7-28/h24,26,32H,3-22H2,1-2H3,(H,25,31). The molecule has 0 radical (unpaired) electrons. The largest absolute Gasteiger partial charge is 0.379 e. The van der Waals surface area contributed by atoms with Crippen LogP contribution in [0, 0.1) is 0 Å². The van der Waals surface area contributed by atoms with Gasteiger partial charge < -0.3 is 34.3 Å². The van der Waals surface area contributed by atoms with Crippen LogP contribution in [0.3, 0.4) is 0 Å². The predicted molar refractivity (Wildman–Crippen MR) is 138 cm³/mol. The zero-order chi connectivity index (χ0) is 25.8. The zero-order valence-electron chi connectivity index (χ0n) is 22.5. The lowest BCUT2D eigenvalue weighted by Gasteiger charge is -2.34. The van der Waals surface area contributed by atoms with Crippen LogP contribution in [0.15, 0.2) is 0 Å². The third-order valence-corrected chi connectivity index (χ3v) is 6.46. The van der Waals surface area contributed by atoms with E-state index in [0.717, 1.165) is 72.1 Å². The van der Waals surface area contributed by atoms with Gasteiger partial charge in [-0.15, -0.1) is 0 Å². The second kappa shape index (κ2) is 20.1. The second-order valence-electron chi connectivity index (χ2n) is 9.32. The van der Waals surface area contributed by atoms with Crippen molar-refractivity contribution in [1.29, 1.82) is 0 Å². The molecule has 212 valence electrons. The molecule has 0 saturated carbocycles. The molecule has 0 spiro atoms. The molecule has 2 fully saturated rings. The quantitative estimate of drug-likeness (QED) is 0.118. The summed E-state index contributed by atoms with van der Waals surface area (Å²) in [7, 11) is 3.83. The van der Waals surface area contributed by atoms with Crippen molar-refractivity contribution in [1.82, 2.24) is 30.2 Å². The van der Waals surface area contributed by atoms with E-state index in [0.29, 0.717) is 52.7 Å². The number of likely N-dealkylation sites (N-methyl/N-ethyl adjacent to an activating group) is 2. The number of carbonyl (C=O) groups is 1. The van der Waals surface area contributed by atoms with Gasteiger partial charge in [0.05, 0.1) is 59.4 Å². The number of amides is 1. The summed E-state index contributed by atoms with van der Waals surface area (Å²) in [6.07, 6.45) is -0.722. The molecule has 0 aromatic rings. The fourth-order valence-corrected chi connectivity index (χ4v) is 4.01. The number of aliphatic hydroxyl groups excluding tert-OH is 1. The molecule has 1 amide bonds. The van der Waals surface area contributed by atoms with Crippen LogP contribution in [0.4, 0.5) is 0 Å². The van der Waals surface area contributed by atoms with Crippen molar-refractivity contribution >= 4 is 5.91 Å². The first-order valence-electron chi connectivity index (χ1n) is 13.4. The Balaban J connectivity index is 1.28. The Morgan fingerprint density at radius 1 is 0.750 bits per heavy atom. The number of nitrogens with one attached hydrogen (secondary N) is 2. The van der Waals surface area contributed by atoms with Gasteiger partial charge in [0, 0.05) is 79.0 Å². The van der Waals surface area contributed by atoms with E-state index in [1.54, 1.807) is 7.05 Å². The van der Waals surface area contributed by atoms with Crippen LogP contribution in [-0.4, -0.2) is 182 Å². The molecule has 2 heterocycles. The fraction of sp³-hybridized carbons (Fsp3) is 0.958. The molecule has 2 saturated heterocycles. The van der Waals surface area contributed by atoms with Crippen molar-refractivity contribution in [2.45, 2.75) is 6.23 Å². The highest BCUT2D eigenvalue weighted by atomic mass is 16.5. The maximum Gasteiger partial charge on any atom is 0.233 e. The minimum atomic E-state index is -0.722. The van der Waals surface area contributed by atoms with Gasteiger partial charge in [-0.1, -0.05) is 0 Å². The molecule has 1 unspecified atom stereocenters. The smallest absolute Gasteiger partial charge is 0.233 e. The Morgan fingerprint density at radius 2 is 1.25 bits per heavy atom. The average molecular weight is 519 g/mol. The third kappa shape index (κ3) is 15.4. The highest BCUT2D eigenvalue weighted by molar-refractivity contribution is 5.77. The summed E-state index contributed by atoms with van der Waals surface area (Å²) < 4.78 is 22.2. The maximum absolute atomic E-state index is 11.4. The van der Waals surface area contributed by atoms with Crippen LogP contribution >= 0.6 is 0 Å². The Hall–Kier alpha value is -0.930. The first-order chi connectivity index (χ1) is 17.6. The molecular formula is C24H50N6O6. The summed E-state index contributed by atoms with van der Waals surface area (Å²) in [4.78, 5) is 20.7. The number of ether oxygens (including phenoxy) is 4. The first kappa shape index (κ1) is 31.3. The fourth-order valence-electron chi connectivity index (χ4n) is 4.01. The molecule has 0 bridgehead atoms. The zero-order valence-corrected chi connectivity index (χ0v) is 22.5. The second-order valence-corrected chi connectivity index (χ2v) is 9.32. The molecule has 0 aromatic heterocycles.